The molecule has 0 aromatic rings. The van der Waals surface area contributed by atoms with Crippen LogP contribution in [0.25, 0.3) is 0 Å². The first-order valence-corrected chi connectivity index (χ1v) is 8.93. The van der Waals surface area contributed by atoms with Crippen LogP contribution in [0.5, 0.6) is 0 Å². The van der Waals surface area contributed by atoms with E-state index >= 15 is 0 Å². The maximum Gasteiger partial charge on any atom is 0.408 e. The second-order valence-electron chi connectivity index (χ2n) is 6.80. The summed E-state index contributed by atoms with van der Waals surface area (Å²) in [5.74, 6) is -0.722. The number of alkyl carbamates (subject to hydrolysis) is 1. The molecule has 0 aliphatic heterocycles. The van der Waals surface area contributed by atoms with Crippen LogP contribution in [0.3, 0.4) is 0 Å². The van der Waals surface area contributed by atoms with E-state index in [4.69, 9.17) is 4.74 Å². The molecule has 2 N–H and O–H groups in total. The fourth-order valence-electron chi connectivity index (χ4n) is 1.74. The summed E-state index contributed by atoms with van der Waals surface area (Å²) in [6.45, 7) is 14.2. The highest BCUT2D eigenvalue weighted by Crippen LogP contribution is 2.23. The molecule has 5 nitrogen and oxygen atoms in total. The van der Waals surface area contributed by atoms with Crippen molar-refractivity contribution in [3.63, 3.8) is 0 Å². The van der Waals surface area contributed by atoms with Gasteiger partial charge in [-0.15, -0.1) is 0 Å². The van der Waals surface area contributed by atoms with Crippen molar-refractivity contribution in [1.29, 1.82) is 0 Å². The van der Waals surface area contributed by atoms with Gasteiger partial charge in [-0.25, -0.2) is 9.18 Å². The van der Waals surface area contributed by atoms with E-state index in [2.05, 4.69) is 16.6 Å². The molecule has 0 aromatic heterocycles. The Kier molecular flexibility index (Phi) is 10.2. The van der Waals surface area contributed by atoms with Gasteiger partial charge in [0, 0.05) is 0 Å². The second kappa shape index (κ2) is 11.0. The molecule has 0 bridgehead atoms. The lowest BCUT2D eigenvalue weighted by Gasteiger charge is -2.24. The van der Waals surface area contributed by atoms with Crippen LogP contribution < -0.4 is 10.0 Å². The lowest BCUT2D eigenvalue weighted by atomic mass is 10.0. The SMILES string of the molecule is C=C/C=C(SNC(=O)C(CC(C)C)NC(=O)OC(C)(C)C)\C(F)=C/C. The number of hydrogen-bond acceptors (Lipinski definition) is 4. The van der Waals surface area contributed by atoms with Crippen LogP contribution in [-0.2, 0) is 9.53 Å². The Balaban J connectivity index is 4.97. The third-order valence-corrected chi connectivity index (χ3v) is 3.59. The van der Waals surface area contributed by atoms with Crippen molar-refractivity contribution in [2.24, 2.45) is 5.92 Å². The zero-order chi connectivity index (χ0) is 19.6. The van der Waals surface area contributed by atoms with Crippen LogP contribution in [0, 0.1) is 5.92 Å². The molecular formula is C18H29FN2O3S. The number of carbonyl (C=O) groups is 2. The number of hydrogen-bond donors (Lipinski definition) is 2. The van der Waals surface area contributed by atoms with Gasteiger partial charge < -0.3 is 10.1 Å². The summed E-state index contributed by atoms with van der Waals surface area (Å²) in [5.41, 5.74) is -0.660. The quantitative estimate of drug-likeness (QED) is 0.481. The Bertz CT molecular complexity index is 537. The van der Waals surface area contributed by atoms with E-state index in [1.165, 1.54) is 18.2 Å². The summed E-state index contributed by atoms with van der Waals surface area (Å²) in [7, 11) is 0. The lowest BCUT2D eigenvalue weighted by Crippen LogP contribution is -2.47. The first-order valence-electron chi connectivity index (χ1n) is 8.11. The molecule has 0 aliphatic rings. The Hall–Kier alpha value is -1.76. The zero-order valence-corrected chi connectivity index (χ0v) is 16.6. The van der Waals surface area contributed by atoms with Crippen molar-refractivity contribution in [1.82, 2.24) is 10.0 Å². The first-order chi connectivity index (χ1) is 11.5. The molecule has 0 rings (SSSR count). The van der Waals surface area contributed by atoms with Crippen LogP contribution >= 0.6 is 11.9 Å². The molecule has 2 amide bonds. The molecule has 0 spiro atoms. The van der Waals surface area contributed by atoms with Crippen molar-refractivity contribution in [2.75, 3.05) is 0 Å². The minimum absolute atomic E-state index is 0.172. The Labute approximate surface area is 154 Å². The molecule has 25 heavy (non-hydrogen) atoms. The largest absolute Gasteiger partial charge is 0.444 e. The van der Waals surface area contributed by atoms with Crippen LogP contribution in [0.15, 0.2) is 35.5 Å². The van der Waals surface area contributed by atoms with Gasteiger partial charge in [0.2, 0.25) is 0 Å². The maximum absolute atomic E-state index is 13.7. The average molecular weight is 373 g/mol. The van der Waals surface area contributed by atoms with E-state index in [-0.39, 0.29) is 10.8 Å². The monoisotopic (exact) mass is 372 g/mol. The fourth-order valence-corrected chi connectivity index (χ4v) is 2.47. The molecule has 0 aromatic carbocycles. The average Bonchev–Trinajstić information content (AvgIpc) is 2.47. The molecule has 142 valence electrons. The summed E-state index contributed by atoms with van der Waals surface area (Å²) < 4.78 is 21.5. The fraction of sp³-hybridized carbons (Fsp3) is 0.556. The molecule has 0 aliphatic carbocycles. The highest BCUT2D eigenvalue weighted by Gasteiger charge is 2.25. The molecule has 1 atom stereocenters. The molecule has 0 heterocycles. The van der Waals surface area contributed by atoms with Gasteiger partial charge in [0.25, 0.3) is 5.91 Å². The molecular weight excluding hydrogens is 343 g/mol. The summed E-state index contributed by atoms with van der Waals surface area (Å²) in [4.78, 5) is 24.6. The van der Waals surface area contributed by atoms with E-state index in [0.717, 1.165) is 11.9 Å². The van der Waals surface area contributed by atoms with Gasteiger partial charge >= 0.3 is 6.09 Å². The normalized spacial score (nSPS) is 14.1. The van der Waals surface area contributed by atoms with Crippen molar-refractivity contribution in [3.8, 4) is 0 Å². The standard InChI is InChI=1S/C18H29FN2O3S/c1-8-10-15(13(19)9-2)25-21-16(22)14(11-12(3)4)20-17(23)24-18(5,6)7/h8-10,12,14H,1,11H2,2-7H3,(H,20,23)(H,21,22)/b13-9+,15-10+. The van der Waals surface area contributed by atoms with Crippen LogP contribution in [0.1, 0.15) is 48.0 Å². The van der Waals surface area contributed by atoms with Gasteiger partial charge in [0.05, 0.1) is 4.91 Å². The Morgan fingerprint density at radius 2 is 1.92 bits per heavy atom. The lowest BCUT2D eigenvalue weighted by molar-refractivity contribution is -0.121. The van der Waals surface area contributed by atoms with Crippen molar-refractivity contribution >= 4 is 23.9 Å². The molecule has 7 heteroatoms. The number of nitrogens with one attached hydrogen (secondary N) is 2. The van der Waals surface area contributed by atoms with Crippen molar-refractivity contribution in [2.45, 2.75) is 59.6 Å². The van der Waals surface area contributed by atoms with Gasteiger partial charge in [0.1, 0.15) is 17.5 Å². The zero-order valence-electron chi connectivity index (χ0n) is 15.8. The number of rotatable bonds is 8. The van der Waals surface area contributed by atoms with Gasteiger partial charge in [-0.05, 0) is 58.1 Å². The van der Waals surface area contributed by atoms with E-state index in [1.54, 1.807) is 27.7 Å². The van der Waals surface area contributed by atoms with E-state index in [0.29, 0.717) is 6.42 Å². The minimum Gasteiger partial charge on any atom is -0.444 e. The second-order valence-corrected chi connectivity index (χ2v) is 7.65. The predicted molar refractivity (Wildman–Crippen MR) is 101 cm³/mol. The maximum atomic E-state index is 13.7. The molecule has 0 radical (unpaired) electrons. The van der Waals surface area contributed by atoms with Crippen molar-refractivity contribution < 1.29 is 18.7 Å². The van der Waals surface area contributed by atoms with Crippen LogP contribution in [0.4, 0.5) is 9.18 Å². The van der Waals surface area contributed by atoms with E-state index in [9.17, 15) is 14.0 Å². The van der Waals surface area contributed by atoms with Crippen molar-refractivity contribution in [3.05, 3.63) is 35.5 Å². The highest BCUT2D eigenvalue weighted by atomic mass is 32.2. The number of ether oxygens (including phenoxy) is 1. The summed E-state index contributed by atoms with van der Waals surface area (Å²) in [6, 6.07) is -0.777. The first kappa shape index (κ1) is 23.2. The Morgan fingerprint density at radius 3 is 2.36 bits per heavy atom. The van der Waals surface area contributed by atoms with Gasteiger partial charge in [-0.1, -0.05) is 32.6 Å². The molecule has 1 unspecified atom stereocenters. The van der Waals surface area contributed by atoms with Crippen LogP contribution in [-0.4, -0.2) is 23.6 Å². The number of halogens is 1. The van der Waals surface area contributed by atoms with E-state index < -0.39 is 29.5 Å². The number of allylic oxidation sites excluding steroid dienone is 4. The Morgan fingerprint density at radius 1 is 1.32 bits per heavy atom. The predicted octanol–water partition coefficient (Wildman–Crippen LogP) is 4.63. The number of carbonyl (C=O) groups excluding carboxylic acids is 2. The summed E-state index contributed by atoms with van der Waals surface area (Å²) in [5, 5.41) is 2.57. The smallest absolute Gasteiger partial charge is 0.408 e. The van der Waals surface area contributed by atoms with Gasteiger partial charge in [-0.3, -0.25) is 9.52 Å². The highest BCUT2D eigenvalue weighted by molar-refractivity contribution is 8.02. The summed E-state index contributed by atoms with van der Waals surface area (Å²) >= 11 is 0.837. The third kappa shape index (κ3) is 10.7. The van der Waals surface area contributed by atoms with Crippen LogP contribution in [0.2, 0.25) is 0 Å². The molecule has 0 saturated carbocycles. The van der Waals surface area contributed by atoms with E-state index in [1.807, 2.05) is 13.8 Å². The molecule has 0 saturated heterocycles. The minimum atomic E-state index is -0.777. The third-order valence-electron chi connectivity index (χ3n) is 2.73. The number of amides is 2. The van der Waals surface area contributed by atoms with Gasteiger partial charge in [0.15, 0.2) is 0 Å². The van der Waals surface area contributed by atoms with Gasteiger partial charge in [-0.2, -0.15) is 0 Å². The summed E-state index contributed by atoms with van der Waals surface area (Å²) in [6.07, 6.45) is 3.94. The topological polar surface area (TPSA) is 67.4 Å². The molecule has 0 fully saturated rings.